The van der Waals surface area contributed by atoms with E-state index in [0.717, 1.165) is 12.1 Å². The summed E-state index contributed by atoms with van der Waals surface area (Å²) < 4.78 is 5.41. The first-order chi connectivity index (χ1) is 9.41. The zero-order chi connectivity index (χ0) is 15.1. The fraction of sp³-hybridized carbons (Fsp3) is 0.533. The summed E-state index contributed by atoms with van der Waals surface area (Å²) in [6, 6.07) is 5.34. The first-order valence-electron chi connectivity index (χ1n) is 6.88. The highest BCUT2D eigenvalue weighted by Gasteiger charge is 2.08. The van der Waals surface area contributed by atoms with Crippen molar-refractivity contribution in [3.63, 3.8) is 0 Å². The predicted molar refractivity (Wildman–Crippen MR) is 83.2 cm³/mol. The normalized spacial score (nSPS) is 10.7. The molecule has 3 N–H and O–H groups in total. The van der Waals surface area contributed by atoms with Crippen molar-refractivity contribution >= 4 is 17.3 Å². The Bertz CT molecular complexity index is 445. The Balaban J connectivity index is 2.46. The molecule has 1 aromatic carbocycles. The van der Waals surface area contributed by atoms with E-state index in [4.69, 9.17) is 10.5 Å². The molecule has 0 aromatic heterocycles. The molecule has 0 bridgehead atoms. The van der Waals surface area contributed by atoms with Gasteiger partial charge in [0, 0.05) is 32.8 Å². The van der Waals surface area contributed by atoms with E-state index in [1.807, 2.05) is 38.9 Å². The van der Waals surface area contributed by atoms with Gasteiger partial charge in [-0.2, -0.15) is 0 Å². The highest BCUT2D eigenvalue weighted by Crippen LogP contribution is 2.22. The van der Waals surface area contributed by atoms with Crippen molar-refractivity contribution in [3.05, 3.63) is 23.8 Å². The largest absolute Gasteiger partial charge is 0.397 e. The Morgan fingerprint density at radius 2 is 2.10 bits per heavy atom. The molecule has 0 fully saturated rings. The summed E-state index contributed by atoms with van der Waals surface area (Å²) in [6.07, 6.45) is 1.03. The molecule has 112 valence electrons. The third kappa shape index (κ3) is 5.09. The molecule has 0 saturated carbocycles. The van der Waals surface area contributed by atoms with E-state index in [1.165, 1.54) is 0 Å². The number of carbonyl (C=O) groups is 1. The molecular weight excluding hydrogens is 254 g/mol. The second kappa shape index (κ2) is 7.75. The lowest BCUT2D eigenvalue weighted by atomic mass is 10.1. The SMILES string of the molecule is CC(C)OCCCNC(=O)c1ccc(N(C)C)c(N)c1. The van der Waals surface area contributed by atoms with E-state index in [2.05, 4.69) is 5.32 Å². The van der Waals surface area contributed by atoms with Crippen LogP contribution in [0.3, 0.4) is 0 Å². The third-order valence-electron chi connectivity index (χ3n) is 2.83. The summed E-state index contributed by atoms with van der Waals surface area (Å²) in [5, 5.41) is 2.86. The molecule has 0 aliphatic carbocycles. The summed E-state index contributed by atoms with van der Waals surface area (Å²) in [5.74, 6) is -0.105. The molecule has 0 spiro atoms. The van der Waals surface area contributed by atoms with Crippen LogP contribution in [0.15, 0.2) is 18.2 Å². The standard InChI is InChI=1S/C15H25N3O2/c1-11(2)20-9-5-8-17-15(19)12-6-7-14(18(3)4)13(16)10-12/h6-7,10-11H,5,8-9,16H2,1-4H3,(H,17,19). The van der Waals surface area contributed by atoms with Crippen molar-refractivity contribution < 1.29 is 9.53 Å². The maximum atomic E-state index is 12.0. The topological polar surface area (TPSA) is 67.6 Å². The van der Waals surface area contributed by atoms with E-state index in [1.54, 1.807) is 12.1 Å². The van der Waals surface area contributed by atoms with Gasteiger partial charge >= 0.3 is 0 Å². The number of nitrogens with zero attached hydrogens (tertiary/aromatic N) is 1. The van der Waals surface area contributed by atoms with Crippen LogP contribution in [-0.4, -0.2) is 39.3 Å². The second-order valence-electron chi connectivity index (χ2n) is 5.20. The van der Waals surface area contributed by atoms with Crippen LogP contribution in [0.1, 0.15) is 30.6 Å². The molecule has 1 aromatic rings. The number of hydrogen-bond acceptors (Lipinski definition) is 4. The number of benzene rings is 1. The number of nitrogens with one attached hydrogen (secondary N) is 1. The van der Waals surface area contributed by atoms with E-state index in [9.17, 15) is 4.79 Å². The van der Waals surface area contributed by atoms with Crippen LogP contribution < -0.4 is 16.0 Å². The van der Waals surface area contributed by atoms with Crippen molar-refractivity contribution in [2.45, 2.75) is 26.4 Å². The van der Waals surface area contributed by atoms with Gasteiger partial charge in [-0.05, 0) is 38.5 Å². The molecule has 5 heteroatoms. The highest BCUT2D eigenvalue weighted by atomic mass is 16.5. The Morgan fingerprint density at radius 1 is 1.40 bits per heavy atom. The quantitative estimate of drug-likeness (QED) is 0.591. The molecular formula is C15H25N3O2. The monoisotopic (exact) mass is 279 g/mol. The first-order valence-corrected chi connectivity index (χ1v) is 6.88. The number of nitrogens with two attached hydrogens (primary N) is 1. The molecule has 20 heavy (non-hydrogen) atoms. The zero-order valence-electron chi connectivity index (χ0n) is 12.8. The van der Waals surface area contributed by atoms with Gasteiger partial charge in [-0.15, -0.1) is 0 Å². The van der Waals surface area contributed by atoms with Crippen LogP contribution in [0.25, 0.3) is 0 Å². The molecule has 0 radical (unpaired) electrons. The summed E-state index contributed by atoms with van der Waals surface area (Å²) in [5.41, 5.74) is 8.02. The predicted octanol–water partition coefficient (Wildman–Crippen LogP) is 1.88. The molecule has 0 aliphatic rings. The van der Waals surface area contributed by atoms with Gasteiger partial charge in [-0.1, -0.05) is 0 Å². The number of carbonyl (C=O) groups excluding carboxylic acids is 1. The van der Waals surface area contributed by atoms with Gasteiger partial charge in [0.2, 0.25) is 0 Å². The molecule has 0 atom stereocenters. The molecule has 0 heterocycles. The fourth-order valence-electron chi connectivity index (χ4n) is 1.80. The van der Waals surface area contributed by atoms with Crippen LogP contribution in [0.5, 0.6) is 0 Å². The van der Waals surface area contributed by atoms with Gasteiger partial charge in [0.25, 0.3) is 5.91 Å². The minimum absolute atomic E-state index is 0.105. The van der Waals surface area contributed by atoms with E-state index >= 15 is 0 Å². The average molecular weight is 279 g/mol. The zero-order valence-corrected chi connectivity index (χ0v) is 12.8. The van der Waals surface area contributed by atoms with Gasteiger partial charge < -0.3 is 20.7 Å². The Hall–Kier alpha value is -1.75. The number of amides is 1. The van der Waals surface area contributed by atoms with Gasteiger partial charge in [0.1, 0.15) is 0 Å². The number of nitrogen functional groups attached to an aromatic ring is 1. The first kappa shape index (κ1) is 16.3. The number of anilines is 2. The molecule has 0 saturated heterocycles. The Labute approximate surface area is 121 Å². The fourth-order valence-corrected chi connectivity index (χ4v) is 1.80. The second-order valence-corrected chi connectivity index (χ2v) is 5.20. The van der Waals surface area contributed by atoms with E-state index < -0.39 is 0 Å². The number of rotatable bonds is 7. The minimum Gasteiger partial charge on any atom is -0.397 e. The summed E-state index contributed by atoms with van der Waals surface area (Å²) >= 11 is 0. The van der Waals surface area contributed by atoms with Crippen LogP contribution in [0, 0.1) is 0 Å². The lowest BCUT2D eigenvalue weighted by Gasteiger charge is -2.16. The molecule has 1 amide bonds. The maximum absolute atomic E-state index is 12.0. The Morgan fingerprint density at radius 3 is 2.65 bits per heavy atom. The summed E-state index contributed by atoms with van der Waals surface area (Å²) in [6.45, 7) is 5.24. The minimum atomic E-state index is -0.105. The highest BCUT2D eigenvalue weighted by molar-refractivity contribution is 5.96. The van der Waals surface area contributed by atoms with Crippen LogP contribution >= 0.6 is 0 Å². The molecule has 0 aliphatic heterocycles. The summed E-state index contributed by atoms with van der Waals surface area (Å²) in [7, 11) is 3.83. The van der Waals surface area contributed by atoms with E-state index in [-0.39, 0.29) is 12.0 Å². The van der Waals surface area contributed by atoms with Gasteiger partial charge in [-0.3, -0.25) is 4.79 Å². The van der Waals surface area contributed by atoms with Crippen molar-refractivity contribution in [2.24, 2.45) is 0 Å². The number of hydrogen-bond donors (Lipinski definition) is 2. The smallest absolute Gasteiger partial charge is 0.251 e. The lowest BCUT2D eigenvalue weighted by Crippen LogP contribution is -2.25. The summed E-state index contributed by atoms with van der Waals surface area (Å²) in [4.78, 5) is 13.9. The Kier molecular flexibility index (Phi) is 6.31. The van der Waals surface area contributed by atoms with E-state index in [0.29, 0.717) is 24.4 Å². The maximum Gasteiger partial charge on any atom is 0.251 e. The average Bonchev–Trinajstić information content (AvgIpc) is 2.37. The third-order valence-corrected chi connectivity index (χ3v) is 2.83. The van der Waals surface area contributed by atoms with Crippen LogP contribution in [-0.2, 0) is 4.74 Å². The van der Waals surface area contributed by atoms with Crippen molar-refractivity contribution in [3.8, 4) is 0 Å². The van der Waals surface area contributed by atoms with Gasteiger partial charge in [0.15, 0.2) is 0 Å². The van der Waals surface area contributed by atoms with Crippen molar-refractivity contribution in [1.29, 1.82) is 0 Å². The van der Waals surface area contributed by atoms with Crippen molar-refractivity contribution in [1.82, 2.24) is 5.32 Å². The molecule has 1 rings (SSSR count). The molecule has 5 nitrogen and oxygen atoms in total. The molecule has 0 unspecified atom stereocenters. The van der Waals surface area contributed by atoms with Crippen LogP contribution in [0.4, 0.5) is 11.4 Å². The van der Waals surface area contributed by atoms with Crippen molar-refractivity contribution in [2.75, 3.05) is 37.9 Å². The van der Waals surface area contributed by atoms with Crippen LogP contribution in [0.2, 0.25) is 0 Å². The van der Waals surface area contributed by atoms with Gasteiger partial charge in [0.05, 0.1) is 17.5 Å². The number of ether oxygens (including phenoxy) is 1. The lowest BCUT2D eigenvalue weighted by molar-refractivity contribution is 0.0757. The van der Waals surface area contributed by atoms with Gasteiger partial charge in [-0.25, -0.2) is 0 Å².